The molecule has 19 heavy (non-hydrogen) atoms. The van der Waals surface area contributed by atoms with Crippen molar-refractivity contribution in [3.05, 3.63) is 35.6 Å². The maximum atomic E-state index is 13.5. The van der Waals surface area contributed by atoms with Gasteiger partial charge in [0, 0.05) is 5.92 Å². The Hall–Kier alpha value is -2.11. The molecule has 0 spiro atoms. The first-order valence-corrected chi connectivity index (χ1v) is 6.04. The van der Waals surface area contributed by atoms with Crippen molar-refractivity contribution in [2.24, 2.45) is 11.7 Å². The zero-order chi connectivity index (χ0) is 13.8. The van der Waals surface area contributed by atoms with E-state index in [9.17, 15) is 14.0 Å². The number of benzene rings is 1. The predicted octanol–water partition coefficient (Wildman–Crippen LogP) is 1.14. The van der Waals surface area contributed by atoms with E-state index in [1.165, 1.54) is 6.07 Å². The Kier molecular flexibility index (Phi) is 3.99. The lowest BCUT2D eigenvalue weighted by molar-refractivity contribution is -0.122. The Morgan fingerprint density at radius 3 is 2.84 bits per heavy atom. The average molecular weight is 266 g/mol. The van der Waals surface area contributed by atoms with E-state index in [0.717, 1.165) is 0 Å². The van der Waals surface area contributed by atoms with Gasteiger partial charge in [0.1, 0.15) is 12.4 Å². The number of carbonyl (C=O) groups is 2. The summed E-state index contributed by atoms with van der Waals surface area (Å²) in [7, 11) is 0. The maximum Gasteiger partial charge on any atom is 0.404 e. The molecular weight excluding hydrogens is 251 g/mol. The number of hydrogen-bond donors (Lipinski definition) is 2. The number of nitrogens with one attached hydrogen (secondary N) is 1. The van der Waals surface area contributed by atoms with E-state index in [2.05, 4.69) is 10.1 Å². The van der Waals surface area contributed by atoms with Crippen LogP contribution in [0.5, 0.6) is 0 Å². The standard InChI is InChI=1S/C13H15FN2O3/c14-11-4-2-1-3-8(11)9-7-10(9)12(17)16-5-6-19-13(15)18/h1-4,9-10H,5-7H2,(H2,15,18)(H,16,17)/t9-,10+/m1/s1. The summed E-state index contributed by atoms with van der Waals surface area (Å²) in [4.78, 5) is 22.1. The van der Waals surface area contributed by atoms with Gasteiger partial charge in [-0.1, -0.05) is 18.2 Å². The summed E-state index contributed by atoms with van der Waals surface area (Å²) in [5, 5.41) is 2.63. The van der Waals surface area contributed by atoms with E-state index in [0.29, 0.717) is 12.0 Å². The summed E-state index contributed by atoms with van der Waals surface area (Å²) in [5.74, 6) is -0.690. The molecule has 5 nitrogen and oxygen atoms in total. The van der Waals surface area contributed by atoms with Gasteiger partial charge in [-0.15, -0.1) is 0 Å². The van der Waals surface area contributed by atoms with Gasteiger partial charge in [-0.25, -0.2) is 9.18 Å². The fourth-order valence-electron chi connectivity index (χ4n) is 2.06. The highest BCUT2D eigenvalue weighted by Gasteiger charge is 2.44. The molecule has 2 amide bonds. The summed E-state index contributed by atoms with van der Waals surface area (Å²) in [6.07, 6.45) is -0.228. The molecule has 2 rings (SSSR count). The Morgan fingerprint density at radius 2 is 2.16 bits per heavy atom. The highest BCUT2D eigenvalue weighted by atomic mass is 19.1. The molecular formula is C13H15FN2O3. The first-order valence-electron chi connectivity index (χ1n) is 6.04. The van der Waals surface area contributed by atoms with Crippen molar-refractivity contribution in [1.82, 2.24) is 5.32 Å². The molecule has 1 aromatic carbocycles. The first kappa shape index (κ1) is 13.3. The molecule has 0 saturated heterocycles. The highest BCUT2D eigenvalue weighted by Crippen LogP contribution is 2.48. The highest BCUT2D eigenvalue weighted by molar-refractivity contribution is 5.82. The minimum Gasteiger partial charge on any atom is -0.448 e. The molecule has 1 aromatic rings. The monoisotopic (exact) mass is 266 g/mol. The van der Waals surface area contributed by atoms with Crippen LogP contribution in [0.2, 0.25) is 0 Å². The van der Waals surface area contributed by atoms with Crippen LogP contribution in [0.4, 0.5) is 9.18 Å². The Bertz CT molecular complexity index is 493. The Balaban J connectivity index is 1.78. The first-order chi connectivity index (χ1) is 9.09. The molecule has 0 bridgehead atoms. The zero-order valence-electron chi connectivity index (χ0n) is 10.3. The van der Waals surface area contributed by atoms with Gasteiger partial charge >= 0.3 is 6.09 Å². The quantitative estimate of drug-likeness (QED) is 0.784. The van der Waals surface area contributed by atoms with Crippen LogP contribution in [-0.4, -0.2) is 25.2 Å². The molecule has 1 aliphatic carbocycles. The van der Waals surface area contributed by atoms with E-state index >= 15 is 0 Å². The second-order valence-corrected chi connectivity index (χ2v) is 4.43. The average Bonchev–Trinajstić information content (AvgIpc) is 3.15. The molecule has 1 saturated carbocycles. The van der Waals surface area contributed by atoms with Gasteiger partial charge in [-0.05, 0) is 24.0 Å². The van der Waals surface area contributed by atoms with Crippen LogP contribution >= 0.6 is 0 Å². The largest absolute Gasteiger partial charge is 0.448 e. The summed E-state index contributed by atoms with van der Waals surface area (Å²) < 4.78 is 18.0. The topological polar surface area (TPSA) is 81.4 Å². The van der Waals surface area contributed by atoms with Crippen LogP contribution in [0.3, 0.4) is 0 Å². The number of amides is 2. The minimum absolute atomic E-state index is 0.0398. The zero-order valence-corrected chi connectivity index (χ0v) is 10.3. The molecule has 3 N–H and O–H groups in total. The summed E-state index contributed by atoms with van der Waals surface area (Å²) in [5.41, 5.74) is 5.36. The summed E-state index contributed by atoms with van der Waals surface area (Å²) in [6, 6.07) is 6.47. The van der Waals surface area contributed by atoms with E-state index < -0.39 is 6.09 Å². The molecule has 6 heteroatoms. The van der Waals surface area contributed by atoms with E-state index in [4.69, 9.17) is 5.73 Å². The van der Waals surface area contributed by atoms with Crippen molar-refractivity contribution < 1.29 is 18.7 Å². The molecule has 0 unspecified atom stereocenters. The minimum atomic E-state index is -0.870. The van der Waals surface area contributed by atoms with Crippen molar-refractivity contribution in [3.63, 3.8) is 0 Å². The van der Waals surface area contributed by atoms with E-state index in [1.54, 1.807) is 18.2 Å². The van der Waals surface area contributed by atoms with Crippen LogP contribution in [0.1, 0.15) is 17.9 Å². The van der Waals surface area contributed by atoms with Crippen molar-refractivity contribution in [1.29, 1.82) is 0 Å². The molecule has 0 aliphatic heterocycles. The fraction of sp³-hybridized carbons (Fsp3) is 0.385. The lowest BCUT2D eigenvalue weighted by Gasteiger charge is -2.05. The van der Waals surface area contributed by atoms with Gasteiger partial charge in [0.25, 0.3) is 0 Å². The van der Waals surface area contributed by atoms with Gasteiger partial charge in [0.2, 0.25) is 5.91 Å². The second kappa shape index (κ2) is 5.69. The third-order valence-corrected chi connectivity index (χ3v) is 3.08. The lowest BCUT2D eigenvalue weighted by Crippen LogP contribution is -2.30. The smallest absolute Gasteiger partial charge is 0.404 e. The fourth-order valence-corrected chi connectivity index (χ4v) is 2.06. The van der Waals surface area contributed by atoms with Gasteiger partial charge < -0.3 is 15.8 Å². The predicted molar refractivity (Wildman–Crippen MR) is 65.8 cm³/mol. The lowest BCUT2D eigenvalue weighted by atomic mass is 10.1. The van der Waals surface area contributed by atoms with Crippen molar-refractivity contribution in [2.45, 2.75) is 12.3 Å². The SMILES string of the molecule is NC(=O)OCCNC(=O)[C@H]1C[C@@H]1c1ccccc1F. The molecule has 0 radical (unpaired) electrons. The van der Waals surface area contributed by atoms with Crippen LogP contribution in [0.25, 0.3) is 0 Å². The van der Waals surface area contributed by atoms with Gasteiger partial charge in [-0.3, -0.25) is 4.79 Å². The number of halogens is 1. The molecule has 1 fully saturated rings. The van der Waals surface area contributed by atoms with Crippen LogP contribution < -0.4 is 11.1 Å². The number of primary amides is 1. The van der Waals surface area contributed by atoms with E-state index in [-0.39, 0.29) is 36.7 Å². The van der Waals surface area contributed by atoms with Gasteiger partial charge in [0.15, 0.2) is 0 Å². The Morgan fingerprint density at radius 1 is 1.42 bits per heavy atom. The van der Waals surface area contributed by atoms with Crippen molar-refractivity contribution >= 4 is 12.0 Å². The number of nitrogens with two attached hydrogens (primary N) is 1. The number of ether oxygens (including phenoxy) is 1. The molecule has 0 heterocycles. The molecule has 102 valence electrons. The van der Waals surface area contributed by atoms with Crippen LogP contribution in [0, 0.1) is 11.7 Å². The molecule has 2 atom stereocenters. The number of hydrogen-bond acceptors (Lipinski definition) is 3. The molecule has 1 aliphatic rings. The second-order valence-electron chi connectivity index (χ2n) is 4.43. The third kappa shape index (κ3) is 3.43. The third-order valence-electron chi connectivity index (χ3n) is 3.08. The van der Waals surface area contributed by atoms with Crippen LogP contribution in [0.15, 0.2) is 24.3 Å². The normalized spacial score (nSPS) is 20.7. The van der Waals surface area contributed by atoms with Gasteiger partial charge in [0.05, 0.1) is 6.54 Å². The number of rotatable bonds is 5. The molecule has 0 aromatic heterocycles. The number of carbonyl (C=O) groups excluding carboxylic acids is 2. The van der Waals surface area contributed by atoms with Crippen molar-refractivity contribution in [2.75, 3.05) is 13.2 Å². The van der Waals surface area contributed by atoms with Crippen LogP contribution in [-0.2, 0) is 9.53 Å². The van der Waals surface area contributed by atoms with E-state index in [1.807, 2.05) is 0 Å². The van der Waals surface area contributed by atoms with Gasteiger partial charge in [-0.2, -0.15) is 0 Å². The Labute approximate surface area is 109 Å². The maximum absolute atomic E-state index is 13.5. The summed E-state index contributed by atoms with van der Waals surface area (Å²) >= 11 is 0. The summed E-state index contributed by atoms with van der Waals surface area (Å²) in [6.45, 7) is 0.250. The van der Waals surface area contributed by atoms with Crippen molar-refractivity contribution in [3.8, 4) is 0 Å².